The van der Waals surface area contributed by atoms with Gasteiger partial charge in [0.2, 0.25) is 0 Å². The molecule has 0 aromatic heterocycles. The van der Waals surface area contributed by atoms with Crippen LogP contribution in [0.15, 0.2) is 42.5 Å². The van der Waals surface area contributed by atoms with Gasteiger partial charge in [-0.25, -0.2) is 0 Å². The van der Waals surface area contributed by atoms with Crippen LogP contribution in [0, 0.1) is 0 Å². The smallest absolute Gasteiger partial charge is 0.254 e. The standard InChI is InChI=1S/C22H22ClNO3/c1-24(21(26)15-9-10-16-13-27-14-17(16)12-15)22(11-5-4-8-20(22)25)18-6-2-3-7-19(18)23/h2-3,6-7,9-10,12H,4-5,8,11,13-14H2,1H3/t22-/m0/s1. The lowest BCUT2D eigenvalue weighted by molar-refractivity contribution is -0.132. The molecule has 1 atom stereocenters. The van der Waals surface area contributed by atoms with Gasteiger partial charge in [-0.2, -0.15) is 0 Å². The van der Waals surface area contributed by atoms with E-state index in [1.54, 1.807) is 18.0 Å². The van der Waals surface area contributed by atoms with Crippen molar-refractivity contribution < 1.29 is 14.3 Å². The minimum Gasteiger partial charge on any atom is -0.372 e. The van der Waals surface area contributed by atoms with Crippen LogP contribution in [-0.4, -0.2) is 23.6 Å². The molecular weight excluding hydrogens is 362 g/mol. The highest BCUT2D eigenvalue weighted by atomic mass is 35.5. The van der Waals surface area contributed by atoms with E-state index < -0.39 is 5.54 Å². The van der Waals surface area contributed by atoms with E-state index in [2.05, 4.69) is 0 Å². The summed E-state index contributed by atoms with van der Waals surface area (Å²) in [5.41, 5.74) is 2.44. The van der Waals surface area contributed by atoms with E-state index in [0.29, 0.717) is 36.6 Å². The highest BCUT2D eigenvalue weighted by molar-refractivity contribution is 6.31. The van der Waals surface area contributed by atoms with Gasteiger partial charge < -0.3 is 9.64 Å². The van der Waals surface area contributed by atoms with Crippen LogP contribution in [0.2, 0.25) is 5.02 Å². The highest BCUT2D eigenvalue weighted by Crippen LogP contribution is 2.42. The number of hydrogen-bond donors (Lipinski definition) is 0. The van der Waals surface area contributed by atoms with Crippen LogP contribution in [0.5, 0.6) is 0 Å². The number of benzene rings is 2. The minimum atomic E-state index is -1.01. The van der Waals surface area contributed by atoms with E-state index in [1.807, 2.05) is 36.4 Å². The van der Waals surface area contributed by atoms with Crippen molar-refractivity contribution in [2.45, 2.75) is 44.4 Å². The molecule has 4 rings (SSSR count). The van der Waals surface area contributed by atoms with Gasteiger partial charge in [0, 0.05) is 29.6 Å². The molecule has 0 bridgehead atoms. The van der Waals surface area contributed by atoms with Crippen LogP contribution in [0.25, 0.3) is 0 Å². The number of ether oxygens (including phenoxy) is 1. The van der Waals surface area contributed by atoms with Crippen molar-refractivity contribution in [2.75, 3.05) is 7.05 Å². The second-order valence-corrected chi connectivity index (χ2v) is 7.72. The second-order valence-electron chi connectivity index (χ2n) is 7.31. The molecule has 0 unspecified atom stereocenters. The number of amides is 1. The fraction of sp³-hybridized carbons (Fsp3) is 0.364. The molecule has 0 N–H and O–H groups in total. The fourth-order valence-electron chi connectivity index (χ4n) is 4.30. The Labute approximate surface area is 164 Å². The van der Waals surface area contributed by atoms with Crippen LogP contribution in [0.4, 0.5) is 0 Å². The van der Waals surface area contributed by atoms with E-state index in [9.17, 15) is 9.59 Å². The van der Waals surface area contributed by atoms with Crippen LogP contribution >= 0.6 is 11.6 Å². The van der Waals surface area contributed by atoms with Gasteiger partial charge in [-0.15, -0.1) is 0 Å². The summed E-state index contributed by atoms with van der Waals surface area (Å²) in [6.45, 7) is 1.11. The molecule has 5 heteroatoms. The summed E-state index contributed by atoms with van der Waals surface area (Å²) in [6, 6.07) is 13.0. The minimum absolute atomic E-state index is 0.0576. The zero-order valence-electron chi connectivity index (χ0n) is 15.3. The zero-order valence-corrected chi connectivity index (χ0v) is 16.1. The Balaban J connectivity index is 1.77. The molecule has 4 nitrogen and oxygen atoms in total. The first-order chi connectivity index (χ1) is 13.0. The number of halogens is 1. The van der Waals surface area contributed by atoms with E-state index >= 15 is 0 Å². The Morgan fingerprint density at radius 2 is 1.89 bits per heavy atom. The third-order valence-electron chi connectivity index (χ3n) is 5.82. The summed E-state index contributed by atoms with van der Waals surface area (Å²) in [5.74, 6) is -0.109. The molecule has 0 spiro atoms. The van der Waals surface area contributed by atoms with Crippen LogP contribution in [-0.2, 0) is 28.3 Å². The monoisotopic (exact) mass is 383 g/mol. The topological polar surface area (TPSA) is 46.6 Å². The molecule has 27 heavy (non-hydrogen) atoms. The Morgan fingerprint density at radius 1 is 1.11 bits per heavy atom. The maximum absolute atomic E-state index is 13.4. The van der Waals surface area contributed by atoms with Gasteiger partial charge in [0.05, 0.1) is 13.2 Å². The third-order valence-corrected chi connectivity index (χ3v) is 6.15. The van der Waals surface area contributed by atoms with Gasteiger partial charge in [0.25, 0.3) is 5.91 Å². The molecule has 1 aliphatic heterocycles. The summed E-state index contributed by atoms with van der Waals surface area (Å²) in [4.78, 5) is 28.1. The van der Waals surface area contributed by atoms with Crippen molar-refractivity contribution in [1.29, 1.82) is 0 Å². The molecule has 1 aliphatic carbocycles. The number of nitrogens with zero attached hydrogens (tertiary/aromatic N) is 1. The Hall–Kier alpha value is -2.17. The molecule has 2 aliphatic rings. The van der Waals surface area contributed by atoms with Crippen molar-refractivity contribution in [1.82, 2.24) is 4.90 Å². The normalized spacial score (nSPS) is 21.8. The summed E-state index contributed by atoms with van der Waals surface area (Å²) in [6.07, 6.45) is 2.78. The van der Waals surface area contributed by atoms with Crippen molar-refractivity contribution in [3.05, 3.63) is 69.7 Å². The van der Waals surface area contributed by atoms with E-state index in [0.717, 1.165) is 29.5 Å². The Kier molecular flexibility index (Phi) is 4.79. The molecule has 2 aromatic carbocycles. The Bertz CT molecular complexity index is 910. The summed E-state index contributed by atoms with van der Waals surface area (Å²) >= 11 is 6.48. The largest absolute Gasteiger partial charge is 0.372 e. The van der Waals surface area contributed by atoms with E-state index in [1.165, 1.54) is 0 Å². The SMILES string of the molecule is CN(C(=O)c1ccc2c(c1)COC2)[C@]1(c2ccccc2Cl)CCCCC1=O. The molecule has 0 saturated heterocycles. The van der Waals surface area contributed by atoms with Gasteiger partial charge >= 0.3 is 0 Å². The zero-order chi connectivity index (χ0) is 19.0. The molecule has 2 aromatic rings. The summed E-state index contributed by atoms with van der Waals surface area (Å²) < 4.78 is 5.45. The Morgan fingerprint density at radius 3 is 2.67 bits per heavy atom. The van der Waals surface area contributed by atoms with Gasteiger partial charge in [0.15, 0.2) is 5.78 Å². The van der Waals surface area contributed by atoms with E-state index in [-0.39, 0.29) is 11.7 Å². The molecule has 1 saturated carbocycles. The van der Waals surface area contributed by atoms with Crippen LogP contribution in [0.3, 0.4) is 0 Å². The summed E-state index contributed by atoms with van der Waals surface area (Å²) in [5, 5.41) is 0.523. The van der Waals surface area contributed by atoms with Gasteiger partial charge in [-0.05, 0) is 48.6 Å². The lowest BCUT2D eigenvalue weighted by atomic mass is 9.74. The van der Waals surface area contributed by atoms with Gasteiger partial charge in [-0.1, -0.05) is 35.9 Å². The first-order valence-electron chi connectivity index (χ1n) is 9.30. The fourth-order valence-corrected chi connectivity index (χ4v) is 4.59. The number of ketones is 1. The number of likely N-dealkylation sites (N-methyl/N-ethyl adjacent to an activating group) is 1. The highest BCUT2D eigenvalue weighted by Gasteiger charge is 2.48. The lowest BCUT2D eigenvalue weighted by Crippen LogP contribution is -2.54. The molecule has 1 fully saturated rings. The predicted molar refractivity (Wildman–Crippen MR) is 104 cm³/mol. The second kappa shape index (κ2) is 7.10. The molecule has 140 valence electrons. The van der Waals surface area contributed by atoms with Crippen molar-refractivity contribution in [3.8, 4) is 0 Å². The first kappa shape index (κ1) is 18.2. The average Bonchev–Trinajstić information content (AvgIpc) is 3.16. The third kappa shape index (κ3) is 2.97. The maximum Gasteiger partial charge on any atom is 0.254 e. The van der Waals surface area contributed by atoms with Gasteiger partial charge in [0.1, 0.15) is 5.54 Å². The van der Waals surface area contributed by atoms with Crippen LogP contribution in [0.1, 0.15) is 52.7 Å². The van der Waals surface area contributed by atoms with E-state index in [4.69, 9.17) is 16.3 Å². The average molecular weight is 384 g/mol. The first-order valence-corrected chi connectivity index (χ1v) is 9.68. The number of rotatable bonds is 3. The molecule has 1 heterocycles. The maximum atomic E-state index is 13.4. The molecule has 1 amide bonds. The molecular formula is C22H22ClNO3. The number of Topliss-reactive ketones (excluding diaryl/α,β-unsaturated/α-hetero) is 1. The van der Waals surface area contributed by atoms with Gasteiger partial charge in [-0.3, -0.25) is 9.59 Å². The van der Waals surface area contributed by atoms with Crippen molar-refractivity contribution in [3.63, 3.8) is 0 Å². The van der Waals surface area contributed by atoms with Crippen molar-refractivity contribution >= 4 is 23.3 Å². The number of carbonyl (C=O) groups is 2. The predicted octanol–water partition coefficient (Wildman–Crippen LogP) is 4.48. The number of hydrogen-bond acceptors (Lipinski definition) is 3. The summed E-state index contributed by atoms with van der Waals surface area (Å²) in [7, 11) is 1.72. The quantitative estimate of drug-likeness (QED) is 0.785. The molecule has 0 radical (unpaired) electrons. The van der Waals surface area contributed by atoms with Crippen LogP contribution < -0.4 is 0 Å². The number of fused-ring (bicyclic) bond motifs is 1. The number of carbonyl (C=O) groups excluding carboxylic acids is 2. The van der Waals surface area contributed by atoms with Crippen molar-refractivity contribution in [2.24, 2.45) is 0 Å². The lowest BCUT2D eigenvalue weighted by Gasteiger charge is -2.44.